The SMILES string of the molecule is CC(C)C(O)c1ccc(C(=O)N2CCC3(CC2)Oc2ccccc2-n2c(C#N)ccc23)cc1.[HH]. The molecule has 2 aliphatic heterocycles. The molecule has 1 aromatic heterocycles. The van der Waals surface area contributed by atoms with Gasteiger partial charge in [-0.25, -0.2) is 0 Å². The summed E-state index contributed by atoms with van der Waals surface area (Å²) in [6.07, 6.45) is 0.753. The second-order valence-electron chi connectivity index (χ2n) is 9.22. The number of nitrogens with zero attached hydrogens (tertiary/aromatic N) is 3. The number of aromatic nitrogens is 1. The maximum Gasteiger partial charge on any atom is 0.253 e. The summed E-state index contributed by atoms with van der Waals surface area (Å²) in [6, 6.07) is 21.1. The highest BCUT2D eigenvalue weighted by molar-refractivity contribution is 5.94. The number of carbonyl (C=O) groups is 1. The predicted octanol–water partition coefficient (Wildman–Crippen LogP) is 4.81. The molecule has 1 N–H and O–H groups in total. The summed E-state index contributed by atoms with van der Waals surface area (Å²) in [6.45, 7) is 5.05. The van der Waals surface area contributed by atoms with E-state index in [1.165, 1.54) is 0 Å². The topological polar surface area (TPSA) is 78.5 Å². The van der Waals surface area contributed by atoms with Crippen molar-refractivity contribution in [3.05, 3.63) is 83.2 Å². The number of hydrogen-bond donors (Lipinski definition) is 1. The van der Waals surface area contributed by atoms with E-state index in [4.69, 9.17) is 4.74 Å². The normalized spacial score (nSPS) is 17.1. The molecule has 1 amide bonds. The molecular formula is C27H29N3O3. The molecule has 0 radical (unpaired) electrons. The maximum atomic E-state index is 13.2. The van der Waals surface area contributed by atoms with Crippen LogP contribution in [0.15, 0.2) is 60.7 Å². The minimum absolute atomic E-state index is 0. The lowest BCUT2D eigenvalue weighted by atomic mass is 9.86. The van der Waals surface area contributed by atoms with Gasteiger partial charge in [-0.1, -0.05) is 38.1 Å². The fourth-order valence-electron chi connectivity index (χ4n) is 4.95. The van der Waals surface area contributed by atoms with Gasteiger partial charge in [-0.3, -0.25) is 9.36 Å². The number of benzene rings is 2. The van der Waals surface area contributed by atoms with Gasteiger partial charge in [0, 0.05) is 32.9 Å². The molecular weight excluding hydrogens is 414 g/mol. The van der Waals surface area contributed by atoms with Gasteiger partial charge in [0.25, 0.3) is 5.91 Å². The molecule has 0 bridgehead atoms. The van der Waals surface area contributed by atoms with E-state index >= 15 is 0 Å². The number of hydrogen-bond acceptors (Lipinski definition) is 4. The Hall–Kier alpha value is -3.56. The van der Waals surface area contributed by atoms with Crippen LogP contribution in [0.4, 0.5) is 0 Å². The Morgan fingerprint density at radius 2 is 1.79 bits per heavy atom. The minimum Gasteiger partial charge on any atom is -0.479 e. The molecule has 1 unspecified atom stereocenters. The standard InChI is InChI=1S/C27H27N3O3.H2/c1-18(2)25(31)19-7-9-20(10-8-19)26(32)29-15-13-27(14-16-29)24-12-11-21(17-28)30(24)22-5-3-4-6-23(22)33-27;/h3-12,18,25,31H,13-16H2,1-2H3;1H. The molecule has 0 saturated carbocycles. The van der Waals surface area contributed by atoms with Crippen molar-refractivity contribution in [2.45, 2.75) is 38.4 Å². The van der Waals surface area contributed by atoms with Gasteiger partial charge in [-0.2, -0.15) is 5.26 Å². The molecule has 6 nitrogen and oxygen atoms in total. The van der Waals surface area contributed by atoms with Gasteiger partial charge in [0.05, 0.1) is 17.5 Å². The van der Waals surface area contributed by atoms with Crippen molar-refractivity contribution in [1.82, 2.24) is 9.47 Å². The number of piperidine rings is 1. The van der Waals surface area contributed by atoms with Crippen LogP contribution in [0.2, 0.25) is 0 Å². The Morgan fingerprint density at radius 3 is 2.45 bits per heavy atom. The first-order valence-electron chi connectivity index (χ1n) is 11.4. The molecule has 2 aromatic carbocycles. The first-order valence-corrected chi connectivity index (χ1v) is 11.4. The third kappa shape index (κ3) is 3.49. The van der Waals surface area contributed by atoms with Crippen molar-refractivity contribution in [1.29, 1.82) is 5.26 Å². The molecule has 1 fully saturated rings. The Bertz CT molecular complexity index is 1230. The molecule has 1 spiro atoms. The second kappa shape index (κ2) is 8.09. The van der Waals surface area contributed by atoms with E-state index in [0.717, 1.165) is 22.7 Å². The maximum absolute atomic E-state index is 13.2. The second-order valence-corrected chi connectivity index (χ2v) is 9.22. The van der Waals surface area contributed by atoms with Crippen LogP contribution in [0.3, 0.4) is 0 Å². The van der Waals surface area contributed by atoms with Crippen LogP contribution < -0.4 is 4.74 Å². The molecule has 1 atom stereocenters. The molecule has 3 aromatic rings. The average Bonchev–Trinajstić information content (AvgIpc) is 3.29. The number of likely N-dealkylation sites (tertiary alicyclic amines) is 1. The van der Waals surface area contributed by atoms with Crippen LogP contribution in [0.25, 0.3) is 5.69 Å². The Morgan fingerprint density at radius 1 is 1.09 bits per heavy atom. The lowest BCUT2D eigenvalue weighted by Gasteiger charge is -2.45. The zero-order valence-corrected chi connectivity index (χ0v) is 18.9. The fraction of sp³-hybridized carbons (Fsp3) is 0.333. The van der Waals surface area contributed by atoms with Crippen LogP contribution >= 0.6 is 0 Å². The van der Waals surface area contributed by atoms with E-state index in [2.05, 4.69) is 6.07 Å². The van der Waals surface area contributed by atoms with Gasteiger partial charge >= 0.3 is 0 Å². The third-order valence-corrected chi connectivity index (χ3v) is 6.86. The van der Waals surface area contributed by atoms with Gasteiger partial charge in [-0.05, 0) is 47.9 Å². The van der Waals surface area contributed by atoms with Crippen molar-refractivity contribution in [3.8, 4) is 17.5 Å². The molecule has 0 aliphatic carbocycles. The van der Waals surface area contributed by atoms with Crippen LogP contribution in [0.1, 0.15) is 61.5 Å². The van der Waals surface area contributed by atoms with E-state index in [-0.39, 0.29) is 13.3 Å². The fourth-order valence-corrected chi connectivity index (χ4v) is 4.95. The van der Waals surface area contributed by atoms with Gasteiger partial charge in [0.15, 0.2) is 5.60 Å². The van der Waals surface area contributed by atoms with E-state index in [1.54, 1.807) is 12.1 Å². The molecule has 1 saturated heterocycles. The van der Waals surface area contributed by atoms with Gasteiger partial charge in [-0.15, -0.1) is 0 Å². The highest BCUT2D eigenvalue weighted by atomic mass is 16.5. The summed E-state index contributed by atoms with van der Waals surface area (Å²) in [5, 5.41) is 19.9. The van der Waals surface area contributed by atoms with Crippen LogP contribution in [0, 0.1) is 17.2 Å². The Balaban J connectivity index is 0.00000274. The number of carbonyl (C=O) groups excluding carboxylic acids is 1. The van der Waals surface area contributed by atoms with Gasteiger partial charge in [0.1, 0.15) is 17.5 Å². The third-order valence-electron chi connectivity index (χ3n) is 6.86. The number of fused-ring (bicyclic) bond motifs is 4. The molecule has 170 valence electrons. The number of para-hydroxylation sites is 2. The van der Waals surface area contributed by atoms with Crippen molar-refractivity contribution in [2.75, 3.05) is 13.1 Å². The zero-order chi connectivity index (χ0) is 23.2. The van der Waals surface area contributed by atoms with E-state index in [1.807, 2.05) is 71.8 Å². The summed E-state index contributed by atoms with van der Waals surface area (Å²) in [5.74, 6) is 0.863. The minimum atomic E-state index is -0.564. The Kier molecular flexibility index (Phi) is 5.22. The molecule has 6 heteroatoms. The number of ether oxygens (including phenoxy) is 1. The van der Waals surface area contributed by atoms with Crippen molar-refractivity contribution >= 4 is 5.91 Å². The molecule has 3 heterocycles. The first-order chi connectivity index (χ1) is 15.9. The summed E-state index contributed by atoms with van der Waals surface area (Å²) in [4.78, 5) is 15.0. The summed E-state index contributed by atoms with van der Waals surface area (Å²) in [5.41, 5.74) is 3.31. The van der Waals surface area contributed by atoms with Crippen LogP contribution in [-0.2, 0) is 5.60 Å². The predicted molar refractivity (Wildman–Crippen MR) is 126 cm³/mol. The van der Waals surface area contributed by atoms with E-state index in [9.17, 15) is 15.2 Å². The zero-order valence-electron chi connectivity index (χ0n) is 18.9. The summed E-state index contributed by atoms with van der Waals surface area (Å²) >= 11 is 0. The number of aliphatic hydroxyl groups is 1. The largest absolute Gasteiger partial charge is 0.479 e. The number of rotatable bonds is 3. The lowest BCUT2D eigenvalue weighted by molar-refractivity contribution is -0.00937. The quantitative estimate of drug-likeness (QED) is 0.630. The monoisotopic (exact) mass is 443 g/mol. The van der Waals surface area contributed by atoms with Crippen LogP contribution in [0.5, 0.6) is 5.75 Å². The van der Waals surface area contributed by atoms with Gasteiger partial charge < -0.3 is 14.7 Å². The van der Waals surface area contributed by atoms with E-state index in [0.29, 0.717) is 37.2 Å². The van der Waals surface area contributed by atoms with Gasteiger partial charge in [0.2, 0.25) is 0 Å². The number of nitriles is 1. The van der Waals surface area contributed by atoms with Crippen molar-refractivity contribution in [2.24, 2.45) is 5.92 Å². The Labute approximate surface area is 195 Å². The summed E-state index contributed by atoms with van der Waals surface area (Å²) in [7, 11) is 0. The smallest absolute Gasteiger partial charge is 0.253 e. The van der Waals surface area contributed by atoms with Crippen molar-refractivity contribution < 1.29 is 16.1 Å². The molecule has 2 aliphatic rings. The summed E-state index contributed by atoms with van der Waals surface area (Å²) < 4.78 is 8.54. The molecule has 33 heavy (non-hydrogen) atoms. The highest BCUT2D eigenvalue weighted by Gasteiger charge is 2.45. The highest BCUT2D eigenvalue weighted by Crippen LogP contribution is 2.45. The number of aliphatic hydroxyl groups excluding tert-OH is 1. The van der Waals surface area contributed by atoms with Crippen LogP contribution in [-0.4, -0.2) is 33.6 Å². The van der Waals surface area contributed by atoms with E-state index < -0.39 is 11.7 Å². The molecule has 5 rings (SSSR count). The average molecular weight is 444 g/mol. The first kappa shape index (κ1) is 21.3. The van der Waals surface area contributed by atoms with Crippen molar-refractivity contribution in [3.63, 3.8) is 0 Å². The lowest BCUT2D eigenvalue weighted by Crippen LogP contribution is -2.50. The number of amides is 1.